The van der Waals surface area contributed by atoms with Gasteiger partial charge in [-0.25, -0.2) is 4.79 Å². The van der Waals surface area contributed by atoms with Crippen LogP contribution in [-0.4, -0.2) is 23.7 Å². The molecule has 4 heteroatoms. The topological polar surface area (TPSA) is 53.7 Å². The number of hydrogen-bond donors (Lipinski definition) is 1. The Morgan fingerprint density at radius 2 is 2.40 bits per heavy atom. The van der Waals surface area contributed by atoms with E-state index in [4.69, 9.17) is 15.9 Å². The second kappa shape index (κ2) is 3.70. The summed E-state index contributed by atoms with van der Waals surface area (Å²) in [7, 11) is 0. The summed E-state index contributed by atoms with van der Waals surface area (Å²) >= 11 is 0. The Balaban J connectivity index is 2.18. The Labute approximate surface area is 87.5 Å². The van der Waals surface area contributed by atoms with Crippen LogP contribution >= 0.6 is 0 Å². The highest BCUT2D eigenvalue weighted by atomic mass is 16.4. The highest BCUT2D eigenvalue weighted by Gasteiger charge is 2.30. The number of carboxylic acids is 1. The number of anilines is 1. The van der Waals surface area contributed by atoms with E-state index in [9.17, 15) is 4.79 Å². The van der Waals surface area contributed by atoms with Gasteiger partial charge >= 0.3 is 5.97 Å². The molecule has 1 aliphatic carbocycles. The molecule has 4 nitrogen and oxygen atoms in total. The van der Waals surface area contributed by atoms with Crippen LogP contribution in [0.2, 0.25) is 0 Å². The van der Waals surface area contributed by atoms with E-state index < -0.39 is 5.97 Å². The minimum atomic E-state index is -1.06. The van der Waals surface area contributed by atoms with Gasteiger partial charge < -0.3 is 14.4 Å². The fraction of sp³-hybridized carbons (Fsp3) is 0.364. The quantitative estimate of drug-likeness (QED) is 0.758. The Kier molecular flexibility index (Phi) is 2.38. The molecule has 0 amide bonds. The number of furan rings is 1. The molecule has 0 aromatic carbocycles. The van der Waals surface area contributed by atoms with Crippen LogP contribution in [0.3, 0.4) is 0 Å². The van der Waals surface area contributed by atoms with E-state index in [0.29, 0.717) is 18.5 Å². The third-order valence-electron chi connectivity index (χ3n) is 2.33. The van der Waals surface area contributed by atoms with E-state index in [0.717, 1.165) is 12.8 Å². The van der Waals surface area contributed by atoms with Gasteiger partial charge in [-0.05, 0) is 18.9 Å². The van der Waals surface area contributed by atoms with Crippen molar-refractivity contribution in [3.63, 3.8) is 0 Å². The maximum Gasteiger partial charge on any atom is 0.371 e. The Bertz CT molecular complexity index is 412. The maximum absolute atomic E-state index is 10.6. The van der Waals surface area contributed by atoms with E-state index in [2.05, 4.69) is 5.92 Å². The molecule has 1 aromatic rings. The van der Waals surface area contributed by atoms with E-state index in [1.807, 2.05) is 4.90 Å². The van der Waals surface area contributed by atoms with Crippen molar-refractivity contribution in [3.05, 3.63) is 17.9 Å². The van der Waals surface area contributed by atoms with Gasteiger partial charge in [-0.2, -0.15) is 0 Å². The van der Waals surface area contributed by atoms with Crippen molar-refractivity contribution in [2.45, 2.75) is 18.9 Å². The van der Waals surface area contributed by atoms with Crippen molar-refractivity contribution in [2.24, 2.45) is 0 Å². The van der Waals surface area contributed by atoms with E-state index >= 15 is 0 Å². The van der Waals surface area contributed by atoms with Gasteiger partial charge in [0.05, 0.1) is 6.54 Å². The number of carboxylic acid groups (broad SMARTS) is 1. The molecule has 1 saturated carbocycles. The zero-order chi connectivity index (χ0) is 10.8. The molecule has 1 fully saturated rings. The van der Waals surface area contributed by atoms with Crippen molar-refractivity contribution < 1.29 is 14.3 Å². The third-order valence-corrected chi connectivity index (χ3v) is 2.33. The molecular weight excluding hydrogens is 194 g/mol. The minimum Gasteiger partial charge on any atom is -0.475 e. The van der Waals surface area contributed by atoms with Gasteiger partial charge in [0.25, 0.3) is 0 Å². The van der Waals surface area contributed by atoms with Crippen molar-refractivity contribution in [1.82, 2.24) is 0 Å². The Hall–Kier alpha value is -1.89. The standard InChI is InChI=1S/C11H11NO3/c1-2-7-12(8-3-4-8)10-6-5-9(15-10)11(13)14/h1,5-6,8H,3-4,7H2,(H,13,14). The van der Waals surface area contributed by atoms with Gasteiger partial charge in [-0.15, -0.1) is 6.42 Å². The number of aromatic carboxylic acids is 1. The Morgan fingerprint density at radius 1 is 1.67 bits per heavy atom. The molecule has 15 heavy (non-hydrogen) atoms. The molecule has 0 saturated heterocycles. The van der Waals surface area contributed by atoms with Crippen LogP contribution in [0.5, 0.6) is 0 Å². The van der Waals surface area contributed by atoms with Gasteiger partial charge in [-0.1, -0.05) is 5.92 Å². The summed E-state index contributed by atoms with van der Waals surface area (Å²) in [6, 6.07) is 3.51. The maximum atomic E-state index is 10.6. The largest absolute Gasteiger partial charge is 0.475 e. The van der Waals surface area contributed by atoms with Crippen molar-refractivity contribution in [1.29, 1.82) is 0 Å². The molecule has 78 valence electrons. The second-order valence-corrected chi connectivity index (χ2v) is 3.51. The van der Waals surface area contributed by atoms with Gasteiger partial charge in [0, 0.05) is 12.1 Å². The number of hydrogen-bond acceptors (Lipinski definition) is 3. The number of carbonyl (C=O) groups is 1. The fourth-order valence-electron chi connectivity index (χ4n) is 1.47. The highest BCUT2D eigenvalue weighted by Crippen LogP contribution is 2.32. The summed E-state index contributed by atoms with van der Waals surface area (Å²) in [5.41, 5.74) is 0. The molecule has 0 unspecified atom stereocenters. The van der Waals surface area contributed by atoms with Crippen molar-refractivity contribution in [3.8, 4) is 12.3 Å². The molecule has 1 aliphatic rings. The first-order valence-corrected chi connectivity index (χ1v) is 4.75. The molecule has 1 aromatic heterocycles. The smallest absolute Gasteiger partial charge is 0.371 e. The lowest BCUT2D eigenvalue weighted by Gasteiger charge is -2.17. The zero-order valence-electron chi connectivity index (χ0n) is 8.14. The second-order valence-electron chi connectivity index (χ2n) is 3.51. The average Bonchev–Trinajstić information content (AvgIpc) is 2.91. The minimum absolute atomic E-state index is 0.0485. The van der Waals surface area contributed by atoms with Crippen molar-refractivity contribution in [2.75, 3.05) is 11.4 Å². The van der Waals surface area contributed by atoms with Gasteiger partial charge in [-0.3, -0.25) is 0 Å². The molecule has 0 atom stereocenters. The number of terminal acetylenes is 1. The monoisotopic (exact) mass is 205 g/mol. The summed E-state index contributed by atoms with van der Waals surface area (Å²) in [6.07, 6.45) is 7.43. The molecule has 0 aliphatic heterocycles. The normalized spacial score (nSPS) is 14.6. The van der Waals surface area contributed by atoms with Crippen LogP contribution in [0.25, 0.3) is 0 Å². The summed E-state index contributed by atoms with van der Waals surface area (Å²) in [5, 5.41) is 8.71. The first-order chi connectivity index (χ1) is 7.22. The first kappa shape index (κ1) is 9.66. The molecule has 0 spiro atoms. The van der Waals surface area contributed by atoms with Gasteiger partial charge in [0.2, 0.25) is 5.76 Å². The molecule has 0 radical (unpaired) electrons. The molecule has 1 heterocycles. The van der Waals surface area contributed by atoms with Gasteiger partial charge in [0.1, 0.15) is 0 Å². The van der Waals surface area contributed by atoms with Crippen LogP contribution in [-0.2, 0) is 0 Å². The molecule has 2 rings (SSSR count). The van der Waals surface area contributed by atoms with E-state index in [1.165, 1.54) is 6.07 Å². The van der Waals surface area contributed by atoms with Crippen LogP contribution < -0.4 is 4.90 Å². The zero-order valence-corrected chi connectivity index (χ0v) is 8.14. The van der Waals surface area contributed by atoms with Gasteiger partial charge in [0.15, 0.2) is 5.88 Å². The first-order valence-electron chi connectivity index (χ1n) is 4.75. The Morgan fingerprint density at radius 3 is 2.87 bits per heavy atom. The molecular formula is C11H11NO3. The average molecular weight is 205 g/mol. The third kappa shape index (κ3) is 1.96. The summed E-state index contributed by atoms with van der Waals surface area (Å²) < 4.78 is 5.19. The lowest BCUT2D eigenvalue weighted by atomic mass is 10.4. The van der Waals surface area contributed by atoms with Crippen LogP contribution in [0.1, 0.15) is 23.4 Å². The van der Waals surface area contributed by atoms with Crippen LogP contribution in [0.15, 0.2) is 16.5 Å². The van der Waals surface area contributed by atoms with Crippen LogP contribution in [0, 0.1) is 12.3 Å². The lowest BCUT2D eigenvalue weighted by Crippen LogP contribution is -2.25. The summed E-state index contributed by atoms with van der Waals surface area (Å²) in [4.78, 5) is 12.6. The van der Waals surface area contributed by atoms with Crippen LogP contribution in [0.4, 0.5) is 5.88 Å². The predicted octanol–water partition coefficient (Wildman–Crippen LogP) is 1.58. The number of nitrogens with zero attached hydrogens (tertiary/aromatic N) is 1. The molecule has 1 N–H and O–H groups in total. The molecule has 0 bridgehead atoms. The predicted molar refractivity (Wildman–Crippen MR) is 54.9 cm³/mol. The highest BCUT2D eigenvalue weighted by molar-refractivity contribution is 5.84. The lowest BCUT2D eigenvalue weighted by molar-refractivity contribution is 0.0663. The van der Waals surface area contributed by atoms with Crippen molar-refractivity contribution >= 4 is 11.9 Å². The summed E-state index contributed by atoms with van der Waals surface area (Å²) in [5.74, 6) is 1.99. The van der Waals surface area contributed by atoms with E-state index in [1.54, 1.807) is 6.07 Å². The summed E-state index contributed by atoms with van der Waals surface area (Å²) in [6.45, 7) is 0.456. The fourth-order valence-corrected chi connectivity index (χ4v) is 1.47. The van der Waals surface area contributed by atoms with E-state index in [-0.39, 0.29) is 5.76 Å². The number of rotatable bonds is 4. The SMILES string of the molecule is C#CCN(c1ccc(C(=O)O)o1)C1CC1.